The van der Waals surface area contributed by atoms with Crippen molar-refractivity contribution in [3.63, 3.8) is 0 Å². The van der Waals surface area contributed by atoms with Gasteiger partial charge in [-0.05, 0) is 49.9 Å². The molecular formula is C14H18BrNO2. The second-order valence-electron chi connectivity index (χ2n) is 4.68. The molecule has 0 unspecified atom stereocenters. The highest BCUT2D eigenvalue weighted by Gasteiger charge is 2.16. The Kier molecular flexibility index (Phi) is 4.78. The molecule has 1 aromatic carbocycles. The van der Waals surface area contributed by atoms with Gasteiger partial charge in [-0.2, -0.15) is 0 Å². The first kappa shape index (κ1) is 13.6. The SMILES string of the molecule is Cc1cc(Br)ccc1NC(=O)CC[C@@H]1CCCO1. The number of carbonyl (C=O) groups excluding carboxylic acids is 1. The van der Waals surface area contributed by atoms with E-state index in [-0.39, 0.29) is 12.0 Å². The van der Waals surface area contributed by atoms with Crippen LogP contribution in [0.25, 0.3) is 0 Å². The molecule has 98 valence electrons. The van der Waals surface area contributed by atoms with Crippen molar-refractivity contribution < 1.29 is 9.53 Å². The van der Waals surface area contributed by atoms with Crippen molar-refractivity contribution in [3.05, 3.63) is 28.2 Å². The van der Waals surface area contributed by atoms with E-state index in [0.717, 1.165) is 41.6 Å². The Balaban J connectivity index is 1.82. The third-order valence-electron chi connectivity index (χ3n) is 3.18. The Morgan fingerprint density at radius 2 is 2.39 bits per heavy atom. The number of anilines is 1. The number of rotatable bonds is 4. The summed E-state index contributed by atoms with van der Waals surface area (Å²) in [6.07, 6.45) is 3.84. The number of halogens is 1. The minimum absolute atomic E-state index is 0.0657. The van der Waals surface area contributed by atoms with Gasteiger partial charge in [0.1, 0.15) is 0 Å². The van der Waals surface area contributed by atoms with Crippen LogP contribution in [0.4, 0.5) is 5.69 Å². The summed E-state index contributed by atoms with van der Waals surface area (Å²) in [5.74, 6) is 0.0657. The van der Waals surface area contributed by atoms with Crippen LogP contribution in [0.15, 0.2) is 22.7 Å². The van der Waals surface area contributed by atoms with Crippen molar-refractivity contribution in [3.8, 4) is 0 Å². The molecule has 0 spiro atoms. The van der Waals surface area contributed by atoms with Gasteiger partial charge in [0.05, 0.1) is 6.10 Å². The second kappa shape index (κ2) is 6.34. The van der Waals surface area contributed by atoms with Gasteiger partial charge in [-0.25, -0.2) is 0 Å². The molecule has 0 aliphatic carbocycles. The lowest BCUT2D eigenvalue weighted by atomic mass is 10.1. The van der Waals surface area contributed by atoms with Gasteiger partial charge in [-0.3, -0.25) is 4.79 Å². The minimum atomic E-state index is 0.0657. The number of ether oxygens (including phenoxy) is 1. The monoisotopic (exact) mass is 311 g/mol. The smallest absolute Gasteiger partial charge is 0.224 e. The first-order chi connectivity index (χ1) is 8.65. The molecule has 4 heteroatoms. The maximum atomic E-state index is 11.8. The third kappa shape index (κ3) is 3.82. The first-order valence-electron chi connectivity index (χ1n) is 6.33. The molecule has 1 amide bonds. The van der Waals surface area contributed by atoms with Crippen molar-refractivity contribution in [2.24, 2.45) is 0 Å². The third-order valence-corrected chi connectivity index (χ3v) is 3.67. The Morgan fingerprint density at radius 3 is 3.06 bits per heavy atom. The quantitative estimate of drug-likeness (QED) is 0.921. The summed E-state index contributed by atoms with van der Waals surface area (Å²) in [7, 11) is 0. The number of benzene rings is 1. The average Bonchev–Trinajstić information content (AvgIpc) is 2.83. The van der Waals surface area contributed by atoms with E-state index in [9.17, 15) is 4.79 Å². The summed E-state index contributed by atoms with van der Waals surface area (Å²) in [6.45, 7) is 2.83. The van der Waals surface area contributed by atoms with Crippen molar-refractivity contribution in [2.75, 3.05) is 11.9 Å². The molecule has 1 aliphatic rings. The second-order valence-corrected chi connectivity index (χ2v) is 5.60. The van der Waals surface area contributed by atoms with Crippen molar-refractivity contribution in [1.82, 2.24) is 0 Å². The van der Waals surface area contributed by atoms with Gasteiger partial charge in [0.25, 0.3) is 0 Å². The Hall–Kier alpha value is -0.870. The maximum absolute atomic E-state index is 11.8. The van der Waals surface area contributed by atoms with E-state index in [0.29, 0.717) is 6.42 Å². The lowest BCUT2D eigenvalue weighted by Gasteiger charge is -2.11. The van der Waals surface area contributed by atoms with Gasteiger partial charge in [-0.1, -0.05) is 15.9 Å². The van der Waals surface area contributed by atoms with Crippen molar-refractivity contribution in [1.29, 1.82) is 0 Å². The van der Waals surface area contributed by atoms with Gasteiger partial charge >= 0.3 is 0 Å². The van der Waals surface area contributed by atoms with Gasteiger partial charge in [0, 0.05) is 23.2 Å². The molecule has 0 saturated carbocycles. The molecule has 1 saturated heterocycles. The van der Waals surface area contributed by atoms with E-state index in [1.165, 1.54) is 0 Å². The summed E-state index contributed by atoms with van der Waals surface area (Å²) in [4.78, 5) is 11.8. The number of carbonyl (C=O) groups is 1. The van der Waals surface area contributed by atoms with E-state index < -0.39 is 0 Å². The molecule has 3 nitrogen and oxygen atoms in total. The number of hydrogen-bond acceptors (Lipinski definition) is 2. The van der Waals surface area contributed by atoms with Gasteiger partial charge in [0.15, 0.2) is 0 Å². The van der Waals surface area contributed by atoms with Crippen LogP contribution in [0.1, 0.15) is 31.2 Å². The normalized spacial score (nSPS) is 18.9. The molecule has 1 atom stereocenters. The number of aryl methyl sites for hydroxylation is 1. The highest BCUT2D eigenvalue weighted by atomic mass is 79.9. The molecule has 1 aromatic rings. The molecule has 0 radical (unpaired) electrons. The van der Waals surface area contributed by atoms with E-state index in [2.05, 4.69) is 21.2 Å². The van der Waals surface area contributed by atoms with Crippen molar-refractivity contribution in [2.45, 2.75) is 38.7 Å². The Morgan fingerprint density at radius 1 is 1.56 bits per heavy atom. The molecule has 1 N–H and O–H groups in total. The van der Waals surface area contributed by atoms with Crippen LogP contribution in [-0.2, 0) is 9.53 Å². The topological polar surface area (TPSA) is 38.3 Å². The number of nitrogens with one attached hydrogen (secondary N) is 1. The highest BCUT2D eigenvalue weighted by molar-refractivity contribution is 9.10. The highest BCUT2D eigenvalue weighted by Crippen LogP contribution is 2.21. The fourth-order valence-electron chi connectivity index (χ4n) is 2.14. The molecule has 18 heavy (non-hydrogen) atoms. The summed E-state index contributed by atoms with van der Waals surface area (Å²) >= 11 is 3.41. The summed E-state index contributed by atoms with van der Waals surface area (Å²) in [5.41, 5.74) is 1.95. The fraction of sp³-hybridized carbons (Fsp3) is 0.500. The molecule has 0 aromatic heterocycles. The average molecular weight is 312 g/mol. The van der Waals surface area contributed by atoms with Crippen molar-refractivity contribution >= 4 is 27.5 Å². The van der Waals surface area contributed by atoms with Crippen LogP contribution >= 0.6 is 15.9 Å². The molecule has 0 bridgehead atoms. The van der Waals surface area contributed by atoms with Crippen LogP contribution in [0.2, 0.25) is 0 Å². The molecule has 1 fully saturated rings. The maximum Gasteiger partial charge on any atom is 0.224 e. The summed E-state index contributed by atoms with van der Waals surface area (Å²) in [5, 5.41) is 2.95. The predicted molar refractivity (Wildman–Crippen MR) is 75.7 cm³/mol. The summed E-state index contributed by atoms with van der Waals surface area (Å²) < 4.78 is 6.53. The van der Waals surface area contributed by atoms with E-state index >= 15 is 0 Å². The van der Waals surface area contributed by atoms with E-state index in [4.69, 9.17) is 4.74 Å². The van der Waals surface area contributed by atoms with Gasteiger partial charge in [0.2, 0.25) is 5.91 Å². The standard InChI is InChI=1S/C14H18BrNO2/c1-10-9-11(15)4-6-13(10)16-14(17)7-5-12-3-2-8-18-12/h4,6,9,12H,2-3,5,7-8H2,1H3,(H,16,17)/t12-/m0/s1. The van der Waals surface area contributed by atoms with E-state index in [1.54, 1.807) is 0 Å². The predicted octanol–water partition coefficient (Wildman–Crippen LogP) is 3.66. The zero-order chi connectivity index (χ0) is 13.0. The Labute approximate surface area is 116 Å². The molecule has 1 aliphatic heterocycles. The Bertz CT molecular complexity index is 428. The lowest BCUT2D eigenvalue weighted by Crippen LogP contribution is -2.15. The van der Waals surface area contributed by atoms with Crippen LogP contribution in [0.5, 0.6) is 0 Å². The number of amides is 1. The van der Waals surface area contributed by atoms with E-state index in [1.807, 2.05) is 25.1 Å². The lowest BCUT2D eigenvalue weighted by molar-refractivity contribution is -0.116. The fourth-order valence-corrected chi connectivity index (χ4v) is 2.62. The van der Waals surface area contributed by atoms with Crippen LogP contribution in [0, 0.1) is 6.92 Å². The van der Waals surface area contributed by atoms with Gasteiger partial charge in [-0.15, -0.1) is 0 Å². The largest absolute Gasteiger partial charge is 0.378 e. The molecule has 1 heterocycles. The molecule has 2 rings (SSSR count). The summed E-state index contributed by atoms with van der Waals surface area (Å²) in [6, 6.07) is 5.85. The zero-order valence-corrected chi connectivity index (χ0v) is 12.1. The van der Waals surface area contributed by atoms with Crippen LogP contribution in [0.3, 0.4) is 0 Å². The minimum Gasteiger partial charge on any atom is -0.378 e. The first-order valence-corrected chi connectivity index (χ1v) is 7.12. The zero-order valence-electron chi connectivity index (χ0n) is 10.5. The van der Waals surface area contributed by atoms with Crippen LogP contribution < -0.4 is 5.32 Å². The number of hydrogen-bond donors (Lipinski definition) is 1. The van der Waals surface area contributed by atoms with Gasteiger partial charge < -0.3 is 10.1 Å². The molecular weight excluding hydrogens is 294 g/mol. The van der Waals surface area contributed by atoms with Crippen LogP contribution in [-0.4, -0.2) is 18.6 Å².